The molecule has 1 atom stereocenters. The smallest absolute Gasteiger partial charge is 0.320 e. The van der Waals surface area contributed by atoms with E-state index in [0.717, 1.165) is 36.3 Å². The second-order valence-corrected chi connectivity index (χ2v) is 5.21. The average Bonchev–Trinajstić information content (AvgIpc) is 2.72. The van der Waals surface area contributed by atoms with E-state index in [2.05, 4.69) is 12.2 Å². The molecule has 5 nitrogen and oxygen atoms in total. The van der Waals surface area contributed by atoms with Crippen molar-refractivity contribution in [1.29, 1.82) is 0 Å². The highest BCUT2D eigenvalue weighted by Crippen LogP contribution is 2.33. The van der Waals surface area contributed by atoms with Gasteiger partial charge in [-0.05, 0) is 12.5 Å². The van der Waals surface area contributed by atoms with Gasteiger partial charge in [0.05, 0.1) is 13.2 Å². The summed E-state index contributed by atoms with van der Waals surface area (Å²) in [6.07, 6.45) is 3.38. The highest BCUT2D eigenvalue weighted by atomic mass is 16.5. The number of hydrogen-bond acceptors (Lipinski definition) is 4. The minimum atomic E-state index is -0.803. The van der Waals surface area contributed by atoms with Gasteiger partial charge in [0.1, 0.15) is 6.04 Å². The molecule has 1 aromatic carbocycles. The normalized spacial score (nSPS) is 15.3. The Balaban J connectivity index is 2.03. The fraction of sp³-hybridized carbons (Fsp3) is 0.562. The highest BCUT2D eigenvalue weighted by molar-refractivity contribution is 5.73. The van der Waals surface area contributed by atoms with Crippen LogP contribution in [0.4, 0.5) is 0 Å². The molecule has 0 radical (unpaired) electrons. The summed E-state index contributed by atoms with van der Waals surface area (Å²) in [5.41, 5.74) is 0.942. The Morgan fingerprint density at radius 1 is 1.38 bits per heavy atom. The molecule has 0 fully saturated rings. The first kappa shape index (κ1) is 15.6. The van der Waals surface area contributed by atoms with Crippen LogP contribution in [-0.2, 0) is 11.3 Å². The van der Waals surface area contributed by atoms with Gasteiger partial charge in [0, 0.05) is 18.5 Å². The van der Waals surface area contributed by atoms with Crippen LogP contribution in [0, 0.1) is 0 Å². The van der Waals surface area contributed by atoms with Crippen molar-refractivity contribution >= 4 is 5.97 Å². The van der Waals surface area contributed by atoms with E-state index in [1.807, 2.05) is 18.2 Å². The minimum absolute atomic E-state index is 0.465. The van der Waals surface area contributed by atoms with Crippen LogP contribution < -0.4 is 14.8 Å². The van der Waals surface area contributed by atoms with E-state index in [1.165, 1.54) is 0 Å². The Bertz CT molecular complexity index is 475. The molecule has 0 amide bonds. The average molecular weight is 293 g/mol. The van der Waals surface area contributed by atoms with Crippen molar-refractivity contribution in [3.63, 3.8) is 0 Å². The monoisotopic (exact) mass is 293 g/mol. The van der Waals surface area contributed by atoms with Gasteiger partial charge in [-0.1, -0.05) is 31.9 Å². The maximum Gasteiger partial charge on any atom is 0.320 e. The van der Waals surface area contributed by atoms with Gasteiger partial charge in [0.2, 0.25) is 0 Å². The molecule has 1 aliphatic rings. The molecule has 0 saturated carbocycles. The molecule has 0 aromatic heterocycles. The Kier molecular flexibility index (Phi) is 5.87. The molecule has 0 saturated heterocycles. The summed E-state index contributed by atoms with van der Waals surface area (Å²) in [6.45, 7) is 3.80. The first-order chi connectivity index (χ1) is 10.2. The van der Waals surface area contributed by atoms with Gasteiger partial charge in [-0.15, -0.1) is 0 Å². The number of unbranched alkanes of at least 4 members (excludes halogenated alkanes) is 1. The molecule has 21 heavy (non-hydrogen) atoms. The van der Waals surface area contributed by atoms with Gasteiger partial charge in [0.25, 0.3) is 0 Å². The standard InChI is InChI=1S/C16H23NO4/c1-2-3-7-13(16(18)19)17-11-12-6-4-8-14-15(12)21-10-5-9-20-14/h4,6,8,13,17H,2-3,5,7,9-11H2,1H3,(H,18,19)/t13-/m0/s1. The van der Waals surface area contributed by atoms with Crippen molar-refractivity contribution in [2.75, 3.05) is 13.2 Å². The number of fused-ring (bicyclic) bond motifs is 1. The van der Waals surface area contributed by atoms with Gasteiger partial charge in [-0.25, -0.2) is 0 Å². The SMILES string of the molecule is CCCC[C@H](NCc1cccc2c1OCCCO2)C(=O)O. The predicted octanol–water partition coefficient (Wildman–Crippen LogP) is 2.58. The summed E-state index contributed by atoms with van der Waals surface area (Å²) in [4.78, 5) is 11.3. The molecule has 0 unspecified atom stereocenters. The van der Waals surface area contributed by atoms with Crippen molar-refractivity contribution in [3.05, 3.63) is 23.8 Å². The predicted molar refractivity (Wildman–Crippen MR) is 79.8 cm³/mol. The third kappa shape index (κ3) is 4.36. The minimum Gasteiger partial charge on any atom is -0.490 e. The van der Waals surface area contributed by atoms with E-state index >= 15 is 0 Å². The van der Waals surface area contributed by atoms with Crippen LogP contribution in [0.15, 0.2) is 18.2 Å². The summed E-state index contributed by atoms with van der Waals surface area (Å²) in [5, 5.41) is 12.3. The van der Waals surface area contributed by atoms with E-state index in [-0.39, 0.29) is 0 Å². The maximum absolute atomic E-state index is 11.3. The molecule has 5 heteroatoms. The lowest BCUT2D eigenvalue weighted by molar-refractivity contribution is -0.139. The van der Waals surface area contributed by atoms with Gasteiger partial charge in [-0.2, -0.15) is 0 Å². The number of carbonyl (C=O) groups is 1. The Morgan fingerprint density at radius 3 is 2.95 bits per heavy atom. The molecule has 1 aromatic rings. The highest BCUT2D eigenvalue weighted by Gasteiger charge is 2.19. The van der Waals surface area contributed by atoms with Crippen LogP contribution in [0.5, 0.6) is 11.5 Å². The second kappa shape index (κ2) is 7.88. The number of nitrogens with one attached hydrogen (secondary N) is 1. The first-order valence-corrected chi connectivity index (χ1v) is 7.56. The summed E-state index contributed by atoms with van der Waals surface area (Å²) >= 11 is 0. The molecule has 2 rings (SSSR count). The zero-order valence-electron chi connectivity index (χ0n) is 12.4. The second-order valence-electron chi connectivity index (χ2n) is 5.21. The van der Waals surface area contributed by atoms with Crippen molar-refractivity contribution < 1.29 is 19.4 Å². The zero-order chi connectivity index (χ0) is 15.1. The third-order valence-electron chi connectivity index (χ3n) is 3.54. The van der Waals surface area contributed by atoms with Crippen LogP contribution in [0.3, 0.4) is 0 Å². The van der Waals surface area contributed by atoms with Crippen LogP contribution in [0.25, 0.3) is 0 Å². The molecule has 2 N–H and O–H groups in total. The molecule has 0 spiro atoms. The lowest BCUT2D eigenvalue weighted by Crippen LogP contribution is -2.36. The number of ether oxygens (including phenoxy) is 2. The van der Waals surface area contributed by atoms with E-state index in [4.69, 9.17) is 9.47 Å². The van der Waals surface area contributed by atoms with Crippen molar-refractivity contribution in [1.82, 2.24) is 5.32 Å². The van der Waals surface area contributed by atoms with Gasteiger partial charge >= 0.3 is 5.97 Å². The van der Waals surface area contributed by atoms with Crippen molar-refractivity contribution in [2.45, 2.75) is 45.2 Å². The molecule has 1 aliphatic heterocycles. The fourth-order valence-electron chi connectivity index (χ4n) is 2.35. The Morgan fingerprint density at radius 2 is 2.19 bits per heavy atom. The molecule has 0 bridgehead atoms. The van der Waals surface area contributed by atoms with Gasteiger partial charge in [-0.3, -0.25) is 4.79 Å². The van der Waals surface area contributed by atoms with E-state index < -0.39 is 12.0 Å². The number of rotatable bonds is 7. The Hall–Kier alpha value is -1.75. The number of hydrogen-bond donors (Lipinski definition) is 2. The maximum atomic E-state index is 11.3. The number of para-hydroxylation sites is 1. The lowest BCUT2D eigenvalue weighted by Gasteiger charge is -2.17. The fourth-order valence-corrected chi connectivity index (χ4v) is 2.35. The largest absolute Gasteiger partial charge is 0.490 e. The summed E-state index contributed by atoms with van der Waals surface area (Å²) in [7, 11) is 0. The van der Waals surface area contributed by atoms with Gasteiger partial charge in [0.15, 0.2) is 11.5 Å². The van der Waals surface area contributed by atoms with E-state index in [0.29, 0.717) is 26.2 Å². The quantitative estimate of drug-likeness (QED) is 0.808. The van der Waals surface area contributed by atoms with Crippen LogP contribution in [-0.4, -0.2) is 30.3 Å². The van der Waals surface area contributed by atoms with E-state index in [9.17, 15) is 9.90 Å². The van der Waals surface area contributed by atoms with Crippen molar-refractivity contribution in [3.8, 4) is 11.5 Å². The number of carboxylic acid groups (broad SMARTS) is 1. The van der Waals surface area contributed by atoms with Crippen molar-refractivity contribution in [2.24, 2.45) is 0 Å². The topological polar surface area (TPSA) is 67.8 Å². The number of carboxylic acids is 1. The van der Waals surface area contributed by atoms with Crippen LogP contribution >= 0.6 is 0 Å². The Labute approximate surface area is 125 Å². The molecular weight excluding hydrogens is 270 g/mol. The zero-order valence-corrected chi connectivity index (χ0v) is 12.4. The molecule has 116 valence electrons. The number of benzene rings is 1. The number of aliphatic carboxylic acids is 1. The first-order valence-electron chi connectivity index (χ1n) is 7.56. The lowest BCUT2D eigenvalue weighted by atomic mass is 10.1. The van der Waals surface area contributed by atoms with Crippen LogP contribution in [0.2, 0.25) is 0 Å². The van der Waals surface area contributed by atoms with E-state index in [1.54, 1.807) is 0 Å². The molecular formula is C16H23NO4. The summed E-state index contributed by atoms with van der Waals surface area (Å²) in [5.74, 6) is 0.678. The van der Waals surface area contributed by atoms with Gasteiger partial charge < -0.3 is 19.9 Å². The molecule has 0 aliphatic carbocycles. The molecule has 1 heterocycles. The third-order valence-corrected chi connectivity index (χ3v) is 3.54. The summed E-state index contributed by atoms with van der Waals surface area (Å²) < 4.78 is 11.4. The summed E-state index contributed by atoms with van der Waals surface area (Å²) in [6, 6.07) is 5.22. The van der Waals surface area contributed by atoms with Crippen LogP contribution in [0.1, 0.15) is 38.2 Å².